The zero-order valence-corrected chi connectivity index (χ0v) is 8.13. The summed E-state index contributed by atoms with van der Waals surface area (Å²) in [6.45, 7) is 0. The Balaban J connectivity index is 3.08. The molecule has 6 heteroatoms. The summed E-state index contributed by atoms with van der Waals surface area (Å²) in [5, 5.41) is 0. The highest BCUT2D eigenvalue weighted by Gasteiger charge is 2.48. The van der Waals surface area contributed by atoms with E-state index >= 15 is 0 Å². The highest BCUT2D eigenvalue weighted by atomic mass is 31.2. The molecule has 0 aromatic heterocycles. The summed E-state index contributed by atoms with van der Waals surface area (Å²) in [6, 6.07) is 7.91. The minimum absolute atomic E-state index is 0.292. The van der Waals surface area contributed by atoms with E-state index in [1.807, 2.05) is 0 Å². The van der Waals surface area contributed by atoms with Crippen LogP contribution >= 0.6 is 7.94 Å². The Morgan fingerprint density at radius 3 is 2.07 bits per heavy atom. The zero-order valence-electron chi connectivity index (χ0n) is 7.24. The van der Waals surface area contributed by atoms with E-state index in [4.69, 9.17) is 20.4 Å². The van der Waals surface area contributed by atoms with E-state index in [2.05, 4.69) is 0 Å². The molecule has 0 aliphatic heterocycles. The molecule has 5 nitrogen and oxygen atoms in total. The van der Waals surface area contributed by atoms with E-state index < -0.39 is 19.5 Å². The van der Waals surface area contributed by atoms with Crippen LogP contribution in [0.2, 0.25) is 0 Å². The second kappa shape index (κ2) is 4.02. The lowest BCUT2D eigenvalue weighted by atomic mass is 10.1. The van der Waals surface area contributed by atoms with Crippen molar-refractivity contribution in [3.8, 4) is 0 Å². The molecule has 1 aromatic carbocycles. The van der Waals surface area contributed by atoms with Crippen LogP contribution in [-0.4, -0.2) is 20.6 Å². The molecule has 0 fully saturated rings. The minimum Gasteiger partial charge on any atom is -0.366 e. The number of hydrogen-bond donors (Lipinski definition) is 4. The summed E-state index contributed by atoms with van der Waals surface area (Å²) < 4.78 is 0. The third kappa shape index (κ3) is 2.49. The molecule has 0 heterocycles. The van der Waals surface area contributed by atoms with Gasteiger partial charge in [-0.25, -0.2) is 0 Å². The van der Waals surface area contributed by atoms with Crippen molar-refractivity contribution in [1.29, 1.82) is 0 Å². The van der Waals surface area contributed by atoms with E-state index in [9.17, 15) is 4.79 Å². The number of rotatable bonds is 3. The Bertz CT molecular complexity index is 322. The quantitative estimate of drug-likeness (QED) is 0.532. The van der Waals surface area contributed by atoms with Crippen molar-refractivity contribution in [3.63, 3.8) is 0 Å². The van der Waals surface area contributed by atoms with Crippen LogP contribution in [0.1, 0.15) is 11.2 Å². The summed E-state index contributed by atoms with van der Waals surface area (Å²) in [7, 11) is -4.28. The second-order valence-corrected chi connectivity index (χ2v) is 4.58. The van der Waals surface area contributed by atoms with Gasteiger partial charge in [0.1, 0.15) is 0 Å². The van der Waals surface area contributed by atoms with Crippen molar-refractivity contribution in [2.24, 2.45) is 5.73 Å². The molecule has 0 saturated carbocycles. The number of primary amides is 1. The van der Waals surface area contributed by atoms with Crippen molar-refractivity contribution in [2.75, 3.05) is 0 Å². The van der Waals surface area contributed by atoms with Gasteiger partial charge in [-0.05, 0) is 0 Å². The topological polar surface area (TPSA) is 104 Å². The average Bonchev–Trinajstić information content (AvgIpc) is 2.02. The number of nitrogens with two attached hydrogens (primary N) is 1. The van der Waals surface area contributed by atoms with Crippen LogP contribution in [0.5, 0.6) is 0 Å². The Morgan fingerprint density at radius 2 is 1.71 bits per heavy atom. The fourth-order valence-corrected chi connectivity index (χ4v) is 2.08. The van der Waals surface area contributed by atoms with Crippen LogP contribution in [0.3, 0.4) is 0 Å². The van der Waals surface area contributed by atoms with Gasteiger partial charge in [-0.2, -0.15) is 14.7 Å². The number of hydrogen-bond acceptors (Lipinski definition) is 4. The standard InChI is InChI=1S/C8H10NO4P/c9-8(10)7(14(11,12)13)6-4-2-1-3-5-6/h1-5,7,11-13H,(H-,9,10)/p+1. The molecule has 0 bridgehead atoms. The van der Waals surface area contributed by atoms with Gasteiger partial charge in [-0.15, -0.1) is 0 Å². The van der Waals surface area contributed by atoms with Crippen LogP contribution in [0.25, 0.3) is 0 Å². The van der Waals surface area contributed by atoms with Crippen LogP contribution < -0.4 is 5.73 Å². The molecule has 0 saturated heterocycles. The molecule has 5 N–H and O–H groups in total. The SMILES string of the molecule is NC(=O)C(c1ccccc1)[P+](O)(O)O. The second-order valence-electron chi connectivity index (χ2n) is 2.83. The van der Waals surface area contributed by atoms with Crippen molar-refractivity contribution in [3.05, 3.63) is 35.9 Å². The lowest BCUT2D eigenvalue weighted by Gasteiger charge is -2.13. The van der Waals surface area contributed by atoms with Crippen LogP contribution in [0.15, 0.2) is 30.3 Å². The maximum Gasteiger partial charge on any atom is 0.421 e. The molecule has 76 valence electrons. The van der Waals surface area contributed by atoms with Crippen molar-refractivity contribution in [1.82, 2.24) is 0 Å². The maximum atomic E-state index is 10.9. The molecule has 14 heavy (non-hydrogen) atoms. The van der Waals surface area contributed by atoms with Gasteiger partial charge in [0.05, 0.1) is 0 Å². The third-order valence-electron chi connectivity index (χ3n) is 1.73. The Morgan fingerprint density at radius 1 is 1.21 bits per heavy atom. The Labute approximate surface area is 81.4 Å². The molecule has 1 atom stereocenters. The highest BCUT2D eigenvalue weighted by molar-refractivity contribution is 7.60. The highest BCUT2D eigenvalue weighted by Crippen LogP contribution is 2.58. The Kier molecular flexibility index (Phi) is 3.18. The smallest absolute Gasteiger partial charge is 0.366 e. The van der Waals surface area contributed by atoms with E-state index in [0.717, 1.165) is 0 Å². The molecule has 0 aliphatic carbocycles. The van der Waals surface area contributed by atoms with Gasteiger partial charge in [0, 0.05) is 5.56 Å². The van der Waals surface area contributed by atoms with Crippen molar-refractivity contribution >= 4 is 13.9 Å². The molecule has 1 amide bonds. The van der Waals surface area contributed by atoms with Gasteiger partial charge in [0.15, 0.2) is 0 Å². The van der Waals surface area contributed by atoms with E-state index in [1.165, 1.54) is 12.1 Å². The molecule has 0 aliphatic rings. The molecular weight excluding hydrogens is 205 g/mol. The van der Waals surface area contributed by atoms with E-state index in [0.29, 0.717) is 5.56 Å². The van der Waals surface area contributed by atoms with Gasteiger partial charge in [0.25, 0.3) is 11.6 Å². The first kappa shape index (κ1) is 11.1. The first-order valence-corrected chi connectivity index (χ1v) is 5.56. The van der Waals surface area contributed by atoms with Gasteiger partial charge in [-0.3, -0.25) is 4.79 Å². The lowest BCUT2D eigenvalue weighted by Crippen LogP contribution is -2.23. The third-order valence-corrected chi connectivity index (χ3v) is 2.98. The normalized spacial score (nSPS) is 13.6. The predicted octanol–water partition coefficient (Wildman–Crippen LogP) is -0.0475. The average molecular weight is 216 g/mol. The summed E-state index contributed by atoms with van der Waals surface area (Å²) in [5.41, 5.74) is 3.82. The fourth-order valence-electron chi connectivity index (χ4n) is 1.17. The summed E-state index contributed by atoms with van der Waals surface area (Å²) in [5.74, 6) is -0.961. The van der Waals surface area contributed by atoms with Crippen LogP contribution in [0.4, 0.5) is 0 Å². The fraction of sp³-hybridized carbons (Fsp3) is 0.125. The van der Waals surface area contributed by atoms with Gasteiger partial charge >= 0.3 is 7.94 Å². The maximum absolute atomic E-state index is 10.9. The van der Waals surface area contributed by atoms with Crippen LogP contribution in [0, 0.1) is 0 Å². The monoisotopic (exact) mass is 216 g/mol. The number of amides is 1. The van der Waals surface area contributed by atoms with Gasteiger partial charge < -0.3 is 5.73 Å². The predicted molar refractivity (Wildman–Crippen MR) is 52.0 cm³/mol. The summed E-state index contributed by atoms with van der Waals surface area (Å²) in [6.07, 6.45) is 0. The molecular formula is C8H11NO4P+. The summed E-state index contributed by atoms with van der Waals surface area (Å²) in [4.78, 5) is 38.0. The van der Waals surface area contributed by atoms with E-state index in [-0.39, 0.29) is 0 Å². The molecule has 1 aromatic rings. The number of benzene rings is 1. The Hall–Kier alpha value is -1.00. The largest absolute Gasteiger partial charge is 0.421 e. The molecule has 0 radical (unpaired) electrons. The van der Waals surface area contributed by atoms with E-state index in [1.54, 1.807) is 18.2 Å². The van der Waals surface area contributed by atoms with Gasteiger partial charge in [-0.1, -0.05) is 30.3 Å². The summed E-state index contributed by atoms with van der Waals surface area (Å²) >= 11 is 0. The zero-order chi connectivity index (χ0) is 10.8. The van der Waals surface area contributed by atoms with Crippen LogP contribution in [-0.2, 0) is 4.79 Å². The number of carbonyl (C=O) groups is 1. The van der Waals surface area contributed by atoms with Crippen molar-refractivity contribution < 1.29 is 19.5 Å². The van der Waals surface area contributed by atoms with Crippen molar-refractivity contribution in [2.45, 2.75) is 5.66 Å². The molecule has 0 spiro atoms. The first-order valence-electron chi connectivity index (χ1n) is 3.84. The number of carbonyl (C=O) groups excluding carboxylic acids is 1. The van der Waals surface area contributed by atoms with Gasteiger partial charge in [0.2, 0.25) is 0 Å². The lowest BCUT2D eigenvalue weighted by molar-refractivity contribution is -0.118. The molecule has 1 rings (SSSR count). The minimum atomic E-state index is -4.28. The first-order chi connectivity index (χ1) is 6.43. The molecule has 1 unspecified atom stereocenters.